The molecule has 1 saturated carbocycles. The highest BCUT2D eigenvalue weighted by Crippen LogP contribution is 2.30. The predicted molar refractivity (Wildman–Crippen MR) is 172 cm³/mol. The minimum atomic E-state index is -4.52. The lowest BCUT2D eigenvalue weighted by Gasteiger charge is -2.32. The number of amides is 2. The Morgan fingerprint density at radius 1 is 1.04 bits per heavy atom. The SMILES string of the molecule is COc1ccc(N(CC(=O)N(Cc2ccc(Cl)c(Cl)c2)[C@@H](C)C(=O)NC2CCCC2)S(=O)(=O)c2ccc(C)c([N+](=O)[O-])c2)cc1. The number of sulfonamides is 1. The second-order valence-electron chi connectivity index (χ2n) is 10.9. The minimum Gasteiger partial charge on any atom is -0.497 e. The van der Waals surface area contributed by atoms with Gasteiger partial charge in [0.15, 0.2) is 0 Å². The number of nitrogens with zero attached hydrogens (tertiary/aromatic N) is 3. The molecule has 14 heteroatoms. The monoisotopic (exact) mass is 676 g/mol. The molecule has 1 aliphatic rings. The van der Waals surface area contributed by atoms with Crippen molar-refractivity contribution in [3.05, 3.63) is 92.0 Å². The number of hydrogen-bond donors (Lipinski definition) is 1. The van der Waals surface area contributed by atoms with Gasteiger partial charge in [0.25, 0.3) is 15.7 Å². The van der Waals surface area contributed by atoms with E-state index in [4.69, 9.17) is 27.9 Å². The number of aryl methyl sites for hydroxylation is 1. The molecule has 0 saturated heterocycles. The van der Waals surface area contributed by atoms with Crippen LogP contribution < -0.4 is 14.4 Å². The molecule has 0 unspecified atom stereocenters. The molecule has 1 aliphatic carbocycles. The maximum atomic E-state index is 14.1. The van der Waals surface area contributed by atoms with Gasteiger partial charge in [0.1, 0.15) is 18.3 Å². The molecular weight excluding hydrogens is 643 g/mol. The molecule has 2 amide bonds. The molecule has 45 heavy (non-hydrogen) atoms. The van der Waals surface area contributed by atoms with E-state index in [1.807, 2.05) is 0 Å². The van der Waals surface area contributed by atoms with Gasteiger partial charge in [-0.05, 0) is 74.7 Å². The molecule has 0 heterocycles. The Kier molecular flexibility index (Phi) is 10.9. The molecule has 1 fully saturated rings. The van der Waals surface area contributed by atoms with Gasteiger partial charge < -0.3 is 15.0 Å². The summed E-state index contributed by atoms with van der Waals surface area (Å²) in [5.41, 5.74) is 0.590. The Morgan fingerprint density at radius 2 is 1.71 bits per heavy atom. The van der Waals surface area contributed by atoms with Crippen LogP contribution >= 0.6 is 23.2 Å². The zero-order valence-electron chi connectivity index (χ0n) is 25.0. The van der Waals surface area contributed by atoms with Crippen LogP contribution in [0, 0.1) is 17.0 Å². The Balaban J connectivity index is 1.74. The molecule has 0 aliphatic heterocycles. The van der Waals surface area contributed by atoms with E-state index in [-0.39, 0.29) is 45.4 Å². The normalized spacial score (nSPS) is 14.1. The van der Waals surface area contributed by atoms with E-state index in [1.54, 1.807) is 25.1 Å². The molecule has 3 aromatic carbocycles. The number of benzene rings is 3. The number of hydrogen-bond acceptors (Lipinski definition) is 7. The number of ether oxygens (including phenoxy) is 1. The Bertz CT molecular complexity index is 1680. The van der Waals surface area contributed by atoms with E-state index < -0.39 is 33.4 Å². The maximum Gasteiger partial charge on any atom is 0.273 e. The fourth-order valence-corrected chi connectivity index (χ4v) is 6.92. The van der Waals surface area contributed by atoms with Crippen LogP contribution in [0.5, 0.6) is 5.75 Å². The predicted octanol–water partition coefficient (Wildman–Crippen LogP) is 5.89. The van der Waals surface area contributed by atoms with Crippen molar-refractivity contribution in [3.63, 3.8) is 0 Å². The summed E-state index contributed by atoms with van der Waals surface area (Å²) in [6.45, 7) is 2.30. The lowest BCUT2D eigenvalue weighted by atomic mass is 10.1. The maximum absolute atomic E-state index is 14.1. The number of halogens is 2. The first-order valence-corrected chi connectivity index (χ1v) is 16.5. The number of nitrogens with one attached hydrogen (secondary N) is 1. The molecule has 0 bridgehead atoms. The molecule has 0 radical (unpaired) electrons. The number of nitro groups is 1. The topological polar surface area (TPSA) is 139 Å². The number of methoxy groups -OCH3 is 1. The summed E-state index contributed by atoms with van der Waals surface area (Å²) in [6.07, 6.45) is 3.67. The number of anilines is 1. The van der Waals surface area contributed by atoms with Crippen molar-refractivity contribution in [2.24, 2.45) is 0 Å². The van der Waals surface area contributed by atoms with Crippen LogP contribution in [0.2, 0.25) is 10.0 Å². The molecule has 240 valence electrons. The molecule has 4 rings (SSSR count). The molecule has 3 aromatic rings. The van der Waals surface area contributed by atoms with Crippen LogP contribution in [0.15, 0.2) is 65.6 Å². The lowest BCUT2D eigenvalue weighted by Crippen LogP contribution is -2.52. The van der Waals surface area contributed by atoms with Crippen molar-refractivity contribution in [2.45, 2.75) is 63.1 Å². The molecular formula is C31H34Cl2N4O7S. The van der Waals surface area contributed by atoms with Gasteiger partial charge in [0.05, 0.1) is 32.7 Å². The number of carbonyl (C=O) groups is 2. The first kappa shape index (κ1) is 34.0. The van der Waals surface area contributed by atoms with Gasteiger partial charge in [0, 0.05) is 24.2 Å². The van der Waals surface area contributed by atoms with E-state index in [0.29, 0.717) is 16.3 Å². The zero-order chi connectivity index (χ0) is 32.9. The first-order valence-electron chi connectivity index (χ1n) is 14.3. The fourth-order valence-electron chi connectivity index (χ4n) is 5.16. The number of carbonyl (C=O) groups excluding carboxylic acids is 2. The third-order valence-corrected chi connectivity index (χ3v) is 10.3. The summed E-state index contributed by atoms with van der Waals surface area (Å²) in [4.78, 5) is 39.4. The average Bonchev–Trinajstić information content (AvgIpc) is 3.53. The van der Waals surface area contributed by atoms with Gasteiger partial charge in [-0.1, -0.05) is 48.2 Å². The van der Waals surface area contributed by atoms with Crippen molar-refractivity contribution in [2.75, 3.05) is 18.0 Å². The average molecular weight is 678 g/mol. The Hall–Kier alpha value is -3.87. The van der Waals surface area contributed by atoms with E-state index >= 15 is 0 Å². The van der Waals surface area contributed by atoms with Crippen LogP contribution in [-0.2, 0) is 26.2 Å². The third-order valence-electron chi connectivity index (χ3n) is 7.81. The van der Waals surface area contributed by atoms with Gasteiger partial charge in [-0.3, -0.25) is 24.0 Å². The van der Waals surface area contributed by atoms with Gasteiger partial charge in [0.2, 0.25) is 11.8 Å². The van der Waals surface area contributed by atoms with Gasteiger partial charge in [-0.2, -0.15) is 0 Å². The molecule has 0 spiro atoms. The standard InChI is InChI=1S/C31H34Cl2N4O7S/c1-20-8-14-26(17-29(20)37(40)41)45(42,43)36(24-10-12-25(44-3)13-11-24)19-30(38)35(18-22-9-15-27(32)28(33)16-22)21(2)31(39)34-23-6-4-5-7-23/h8-17,21,23H,4-7,18-19H2,1-3H3,(H,34,39)/t21-/m0/s1. The van der Waals surface area contributed by atoms with E-state index in [2.05, 4.69) is 5.32 Å². The molecule has 0 aromatic heterocycles. The fraction of sp³-hybridized carbons (Fsp3) is 0.355. The third kappa shape index (κ3) is 8.05. The highest BCUT2D eigenvalue weighted by Gasteiger charge is 2.34. The molecule has 1 atom stereocenters. The molecule has 11 nitrogen and oxygen atoms in total. The number of rotatable bonds is 12. The smallest absolute Gasteiger partial charge is 0.273 e. The zero-order valence-corrected chi connectivity index (χ0v) is 27.4. The van der Waals surface area contributed by atoms with Crippen molar-refractivity contribution in [1.82, 2.24) is 10.2 Å². The lowest BCUT2D eigenvalue weighted by molar-refractivity contribution is -0.385. The summed E-state index contributed by atoms with van der Waals surface area (Å²) >= 11 is 12.3. The van der Waals surface area contributed by atoms with E-state index in [9.17, 15) is 28.1 Å². The largest absolute Gasteiger partial charge is 0.497 e. The Morgan fingerprint density at radius 3 is 2.31 bits per heavy atom. The molecule has 1 N–H and O–H groups in total. The van der Waals surface area contributed by atoms with E-state index in [0.717, 1.165) is 36.1 Å². The van der Waals surface area contributed by atoms with E-state index in [1.165, 1.54) is 55.3 Å². The quantitative estimate of drug-likeness (QED) is 0.186. The van der Waals surface area contributed by atoms with Crippen molar-refractivity contribution in [1.29, 1.82) is 0 Å². The summed E-state index contributed by atoms with van der Waals surface area (Å²) in [7, 11) is -3.07. The second-order valence-corrected chi connectivity index (χ2v) is 13.5. The highest BCUT2D eigenvalue weighted by atomic mass is 35.5. The number of nitro benzene ring substituents is 1. The second kappa shape index (κ2) is 14.5. The van der Waals surface area contributed by atoms with Crippen molar-refractivity contribution >= 4 is 56.4 Å². The van der Waals surface area contributed by atoms with Crippen LogP contribution in [0.1, 0.15) is 43.7 Å². The summed E-state index contributed by atoms with van der Waals surface area (Å²) in [5.74, 6) is -0.605. The van der Waals surface area contributed by atoms with Crippen LogP contribution in [0.4, 0.5) is 11.4 Å². The summed E-state index contributed by atoms with van der Waals surface area (Å²) < 4.78 is 34.3. The summed E-state index contributed by atoms with van der Waals surface area (Å²) in [5, 5.41) is 15.2. The van der Waals surface area contributed by atoms with Gasteiger partial charge >= 0.3 is 0 Å². The minimum absolute atomic E-state index is 0.00428. The first-order chi connectivity index (χ1) is 21.3. The van der Waals surface area contributed by atoms with Crippen molar-refractivity contribution in [3.8, 4) is 5.75 Å². The highest BCUT2D eigenvalue weighted by molar-refractivity contribution is 7.92. The summed E-state index contributed by atoms with van der Waals surface area (Å²) in [6, 6.07) is 13.4. The van der Waals surface area contributed by atoms with Crippen LogP contribution in [0.3, 0.4) is 0 Å². The van der Waals surface area contributed by atoms with Gasteiger partial charge in [-0.25, -0.2) is 8.42 Å². The Labute approximate surface area is 272 Å². The van der Waals surface area contributed by atoms with Crippen LogP contribution in [0.25, 0.3) is 0 Å². The van der Waals surface area contributed by atoms with Crippen molar-refractivity contribution < 1.29 is 27.7 Å². The van der Waals surface area contributed by atoms with Gasteiger partial charge in [-0.15, -0.1) is 0 Å². The van der Waals surface area contributed by atoms with Crippen LogP contribution in [-0.4, -0.2) is 55.8 Å².